The summed E-state index contributed by atoms with van der Waals surface area (Å²) in [5.74, 6) is 0.118. The van der Waals surface area contributed by atoms with Crippen molar-refractivity contribution in [2.75, 3.05) is 29.9 Å². The molecule has 1 unspecified atom stereocenters. The van der Waals surface area contributed by atoms with E-state index in [0.717, 1.165) is 50.1 Å². The van der Waals surface area contributed by atoms with Crippen LogP contribution in [0.2, 0.25) is 0 Å². The van der Waals surface area contributed by atoms with Gasteiger partial charge in [0.25, 0.3) is 0 Å². The summed E-state index contributed by atoms with van der Waals surface area (Å²) in [6, 6.07) is 23.1. The average Bonchev–Trinajstić information content (AvgIpc) is 3.18. The first-order valence-electron chi connectivity index (χ1n) is 11.8. The van der Waals surface area contributed by atoms with Gasteiger partial charge in [-0.05, 0) is 79.9 Å². The van der Waals surface area contributed by atoms with Crippen LogP contribution in [-0.2, 0) is 13.0 Å². The van der Waals surface area contributed by atoms with E-state index < -0.39 is 0 Å². The van der Waals surface area contributed by atoms with Crippen molar-refractivity contribution in [3.63, 3.8) is 0 Å². The molecule has 0 saturated carbocycles. The normalized spacial score (nSPS) is 18.8. The average molecular weight is 447 g/mol. The summed E-state index contributed by atoms with van der Waals surface area (Å²) >= 11 is 0. The number of para-hydroxylation sites is 2. The molecule has 1 saturated heterocycles. The second-order valence-corrected chi connectivity index (χ2v) is 9.02. The molecule has 5 nitrogen and oxygen atoms in total. The van der Waals surface area contributed by atoms with Crippen LogP contribution in [0.3, 0.4) is 0 Å². The summed E-state index contributed by atoms with van der Waals surface area (Å²) < 4.78 is 13.4. The number of nitrogens with zero attached hydrogens (tertiary/aromatic N) is 2. The van der Waals surface area contributed by atoms with Crippen molar-refractivity contribution in [1.82, 2.24) is 10.2 Å². The number of benzene rings is 3. The predicted octanol–water partition coefficient (Wildman–Crippen LogP) is 4.54. The number of likely N-dealkylation sites (tertiary alicyclic amines) is 1. The summed E-state index contributed by atoms with van der Waals surface area (Å²) in [5, 5.41) is 16.9. The minimum Gasteiger partial charge on any atom is -0.508 e. The van der Waals surface area contributed by atoms with Crippen LogP contribution >= 0.6 is 0 Å². The number of hydrogen-bond donors (Lipinski definition) is 3. The highest BCUT2D eigenvalue weighted by atomic mass is 19.1. The van der Waals surface area contributed by atoms with E-state index in [-0.39, 0.29) is 12.1 Å². The SMILES string of the molecule is Oc1ccc(CCN2CCC(NC3Nc4ccccc4N3Cc3ccc(F)cc3)CC2)cc1. The number of piperidine rings is 1. The van der Waals surface area contributed by atoms with Gasteiger partial charge in [0.05, 0.1) is 11.4 Å². The van der Waals surface area contributed by atoms with Crippen LogP contribution < -0.4 is 15.5 Å². The number of nitrogens with one attached hydrogen (secondary N) is 2. The fourth-order valence-electron chi connectivity index (χ4n) is 4.80. The van der Waals surface area contributed by atoms with Gasteiger partial charge in [-0.2, -0.15) is 0 Å². The van der Waals surface area contributed by atoms with Gasteiger partial charge in [-0.25, -0.2) is 4.39 Å². The van der Waals surface area contributed by atoms with Gasteiger partial charge in [-0.1, -0.05) is 36.4 Å². The molecule has 33 heavy (non-hydrogen) atoms. The van der Waals surface area contributed by atoms with Crippen LogP contribution in [0.25, 0.3) is 0 Å². The highest BCUT2D eigenvalue weighted by Crippen LogP contribution is 2.35. The second kappa shape index (κ2) is 9.81. The third kappa shape index (κ3) is 5.29. The first-order valence-corrected chi connectivity index (χ1v) is 11.8. The summed E-state index contributed by atoms with van der Waals surface area (Å²) in [6.45, 7) is 3.91. The Bertz CT molecular complexity index is 1050. The molecule has 172 valence electrons. The first kappa shape index (κ1) is 21.7. The molecule has 2 heterocycles. The number of phenolic OH excluding ortho intramolecular Hbond substituents is 1. The number of phenols is 1. The summed E-state index contributed by atoms with van der Waals surface area (Å²) in [6.07, 6.45) is 3.23. The van der Waals surface area contributed by atoms with E-state index in [2.05, 4.69) is 44.7 Å². The monoisotopic (exact) mass is 446 g/mol. The van der Waals surface area contributed by atoms with Gasteiger partial charge in [0, 0.05) is 19.1 Å². The van der Waals surface area contributed by atoms with E-state index in [1.807, 2.05) is 24.3 Å². The minimum absolute atomic E-state index is 0.0148. The zero-order valence-corrected chi connectivity index (χ0v) is 18.8. The van der Waals surface area contributed by atoms with Crippen molar-refractivity contribution in [2.45, 2.75) is 38.1 Å². The lowest BCUT2D eigenvalue weighted by atomic mass is 10.0. The lowest BCUT2D eigenvalue weighted by molar-refractivity contribution is 0.194. The maximum Gasteiger partial charge on any atom is 0.156 e. The number of hydrogen-bond acceptors (Lipinski definition) is 5. The molecule has 0 bridgehead atoms. The molecular formula is C27H31FN4O. The summed E-state index contributed by atoms with van der Waals surface area (Å²) in [5.41, 5.74) is 4.65. The third-order valence-electron chi connectivity index (χ3n) is 6.72. The van der Waals surface area contributed by atoms with Gasteiger partial charge in [-0.15, -0.1) is 0 Å². The van der Waals surface area contributed by atoms with Crippen LogP contribution in [0.4, 0.5) is 15.8 Å². The van der Waals surface area contributed by atoms with Crippen molar-refractivity contribution in [1.29, 1.82) is 0 Å². The van der Waals surface area contributed by atoms with Gasteiger partial charge in [0.15, 0.2) is 6.29 Å². The van der Waals surface area contributed by atoms with Gasteiger partial charge in [0.1, 0.15) is 11.6 Å². The molecule has 2 aliphatic heterocycles. The van der Waals surface area contributed by atoms with Crippen molar-refractivity contribution in [2.24, 2.45) is 0 Å². The Morgan fingerprint density at radius 2 is 1.61 bits per heavy atom. The Hall–Kier alpha value is -3.09. The first-order chi connectivity index (χ1) is 16.1. The summed E-state index contributed by atoms with van der Waals surface area (Å²) in [4.78, 5) is 4.86. The van der Waals surface area contributed by atoms with Crippen molar-refractivity contribution >= 4 is 11.4 Å². The van der Waals surface area contributed by atoms with E-state index in [9.17, 15) is 9.50 Å². The smallest absolute Gasteiger partial charge is 0.156 e. The fourth-order valence-corrected chi connectivity index (χ4v) is 4.80. The van der Waals surface area contributed by atoms with E-state index in [4.69, 9.17) is 0 Å². The topological polar surface area (TPSA) is 50.8 Å². The van der Waals surface area contributed by atoms with Crippen molar-refractivity contribution < 1.29 is 9.50 Å². The molecule has 3 N–H and O–H groups in total. The van der Waals surface area contributed by atoms with Gasteiger partial charge < -0.3 is 20.2 Å². The lowest BCUT2D eigenvalue weighted by Crippen LogP contribution is -2.54. The van der Waals surface area contributed by atoms with E-state index >= 15 is 0 Å². The highest BCUT2D eigenvalue weighted by molar-refractivity contribution is 5.75. The maximum atomic E-state index is 13.4. The Balaban J connectivity index is 1.17. The molecule has 5 rings (SSSR count). The number of aromatic hydroxyl groups is 1. The standard InChI is InChI=1S/C27H31FN4O/c28-22-9-5-21(6-10-22)19-32-26-4-2-1-3-25(26)30-27(32)29-23-14-17-31(18-15-23)16-13-20-7-11-24(33)12-8-20/h1-12,23,27,29-30,33H,13-19H2. The van der Waals surface area contributed by atoms with Crippen LogP contribution in [0.1, 0.15) is 24.0 Å². The predicted molar refractivity (Wildman–Crippen MR) is 131 cm³/mol. The molecule has 1 atom stereocenters. The van der Waals surface area contributed by atoms with Crippen LogP contribution in [0.5, 0.6) is 5.75 Å². The number of fused-ring (bicyclic) bond motifs is 1. The van der Waals surface area contributed by atoms with Crippen LogP contribution in [0, 0.1) is 5.82 Å². The van der Waals surface area contributed by atoms with Gasteiger partial charge in [0.2, 0.25) is 0 Å². The molecule has 0 radical (unpaired) electrons. The zero-order valence-electron chi connectivity index (χ0n) is 18.8. The Morgan fingerprint density at radius 3 is 2.36 bits per heavy atom. The Morgan fingerprint density at radius 1 is 0.909 bits per heavy atom. The minimum atomic E-state index is -0.203. The number of halogens is 1. The molecule has 0 amide bonds. The zero-order chi connectivity index (χ0) is 22.6. The highest BCUT2D eigenvalue weighted by Gasteiger charge is 2.31. The van der Waals surface area contributed by atoms with Gasteiger partial charge >= 0.3 is 0 Å². The summed E-state index contributed by atoms with van der Waals surface area (Å²) in [7, 11) is 0. The van der Waals surface area contributed by atoms with Crippen LogP contribution in [-0.4, -0.2) is 42.0 Å². The second-order valence-electron chi connectivity index (χ2n) is 9.02. The largest absolute Gasteiger partial charge is 0.508 e. The molecule has 3 aromatic rings. The quantitative estimate of drug-likeness (QED) is 0.497. The molecule has 0 aliphatic carbocycles. The van der Waals surface area contributed by atoms with Crippen molar-refractivity contribution in [3.05, 3.63) is 89.7 Å². The number of rotatable bonds is 7. The molecule has 1 fully saturated rings. The van der Waals surface area contributed by atoms with Crippen LogP contribution in [0.15, 0.2) is 72.8 Å². The third-order valence-corrected chi connectivity index (χ3v) is 6.72. The Labute approximate surface area is 194 Å². The van der Waals surface area contributed by atoms with Gasteiger partial charge in [-0.3, -0.25) is 5.32 Å². The molecule has 0 spiro atoms. The fraction of sp³-hybridized carbons (Fsp3) is 0.333. The number of anilines is 2. The maximum absolute atomic E-state index is 13.4. The molecule has 6 heteroatoms. The van der Waals surface area contributed by atoms with Crippen molar-refractivity contribution in [3.8, 4) is 5.75 Å². The molecule has 2 aliphatic rings. The van der Waals surface area contributed by atoms with E-state index in [0.29, 0.717) is 18.3 Å². The Kier molecular flexibility index (Phi) is 6.46. The van der Waals surface area contributed by atoms with E-state index in [1.165, 1.54) is 23.4 Å². The molecule has 3 aromatic carbocycles. The molecule has 0 aromatic heterocycles. The lowest BCUT2D eigenvalue weighted by Gasteiger charge is -2.36. The molecular weight excluding hydrogens is 415 g/mol. The van der Waals surface area contributed by atoms with E-state index in [1.54, 1.807) is 12.1 Å².